The van der Waals surface area contributed by atoms with E-state index in [1.54, 1.807) is 7.11 Å². The van der Waals surface area contributed by atoms with Crippen LogP contribution in [0.1, 0.15) is 44.1 Å². The fraction of sp³-hybridized carbons (Fsp3) is 0.632. The van der Waals surface area contributed by atoms with Gasteiger partial charge in [-0.25, -0.2) is 0 Å². The molecule has 0 bridgehead atoms. The predicted molar refractivity (Wildman–Crippen MR) is 95.2 cm³/mol. The first-order valence-electron chi connectivity index (χ1n) is 8.85. The first-order valence-corrected chi connectivity index (χ1v) is 8.85. The third-order valence-electron chi connectivity index (χ3n) is 5.31. The van der Waals surface area contributed by atoms with Crippen LogP contribution in [0.2, 0.25) is 0 Å². The Bertz CT molecular complexity index is 545. The number of nitrogens with zero attached hydrogens (tertiary/aromatic N) is 1. The number of nitrogens with one attached hydrogen (secondary N) is 2. The van der Waals surface area contributed by atoms with Crippen LogP contribution in [0.4, 0.5) is 0 Å². The van der Waals surface area contributed by atoms with Crippen LogP contribution in [-0.4, -0.2) is 33.2 Å². The molecular formula is C19H29N3O. The minimum Gasteiger partial charge on any atom is -0.496 e. The molecule has 4 nitrogen and oxygen atoms in total. The number of para-hydroxylation sites is 1. The minimum atomic E-state index is 0.157. The molecule has 4 heteroatoms. The maximum Gasteiger partial charge on any atom is 0.191 e. The van der Waals surface area contributed by atoms with Crippen molar-refractivity contribution >= 4 is 5.96 Å². The molecule has 1 aromatic carbocycles. The summed E-state index contributed by atoms with van der Waals surface area (Å²) in [6.45, 7) is 1.96. The van der Waals surface area contributed by atoms with E-state index in [1.165, 1.54) is 44.1 Å². The van der Waals surface area contributed by atoms with E-state index in [9.17, 15) is 0 Å². The summed E-state index contributed by atoms with van der Waals surface area (Å²) in [6, 6.07) is 8.48. The Kier molecular flexibility index (Phi) is 5.09. The van der Waals surface area contributed by atoms with Gasteiger partial charge in [0.15, 0.2) is 5.96 Å². The van der Waals surface area contributed by atoms with Crippen molar-refractivity contribution in [1.29, 1.82) is 0 Å². The Morgan fingerprint density at radius 1 is 1.22 bits per heavy atom. The van der Waals surface area contributed by atoms with Crippen molar-refractivity contribution in [1.82, 2.24) is 10.6 Å². The van der Waals surface area contributed by atoms with Crippen molar-refractivity contribution < 1.29 is 4.74 Å². The SMILES string of the molecule is CN=C(NCC1CC1)NCC1(c2ccccc2OC)CCCC1. The lowest BCUT2D eigenvalue weighted by Crippen LogP contribution is -2.45. The van der Waals surface area contributed by atoms with Crippen molar-refractivity contribution in [2.45, 2.75) is 43.9 Å². The highest BCUT2D eigenvalue weighted by Gasteiger charge is 2.37. The number of aliphatic imine (C=N–C) groups is 1. The Labute approximate surface area is 139 Å². The fourth-order valence-electron chi connectivity index (χ4n) is 3.71. The highest BCUT2D eigenvalue weighted by atomic mass is 16.5. The average molecular weight is 315 g/mol. The third-order valence-corrected chi connectivity index (χ3v) is 5.31. The van der Waals surface area contributed by atoms with Gasteiger partial charge in [-0.3, -0.25) is 4.99 Å². The summed E-state index contributed by atoms with van der Waals surface area (Å²) >= 11 is 0. The molecule has 0 aromatic heterocycles. The van der Waals surface area contributed by atoms with Gasteiger partial charge in [-0.15, -0.1) is 0 Å². The second-order valence-electron chi connectivity index (χ2n) is 6.94. The summed E-state index contributed by atoms with van der Waals surface area (Å²) in [5, 5.41) is 7.03. The van der Waals surface area contributed by atoms with Gasteiger partial charge in [-0.05, 0) is 37.7 Å². The van der Waals surface area contributed by atoms with Crippen LogP contribution in [-0.2, 0) is 5.41 Å². The van der Waals surface area contributed by atoms with Crippen molar-refractivity contribution in [3.05, 3.63) is 29.8 Å². The number of ether oxygens (including phenoxy) is 1. The molecule has 0 aliphatic heterocycles. The maximum absolute atomic E-state index is 5.63. The molecule has 0 spiro atoms. The number of hydrogen-bond donors (Lipinski definition) is 2. The molecular weight excluding hydrogens is 286 g/mol. The summed E-state index contributed by atoms with van der Waals surface area (Å²) in [7, 11) is 3.62. The van der Waals surface area contributed by atoms with Gasteiger partial charge >= 0.3 is 0 Å². The quantitative estimate of drug-likeness (QED) is 0.626. The summed E-state index contributed by atoms with van der Waals surface area (Å²) in [6.07, 6.45) is 7.70. The van der Waals surface area contributed by atoms with E-state index in [2.05, 4.69) is 39.9 Å². The van der Waals surface area contributed by atoms with Gasteiger partial charge in [0, 0.05) is 31.1 Å². The highest BCUT2D eigenvalue weighted by Crippen LogP contribution is 2.44. The molecule has 0 radical (unpaired) electrons. The van der Waals surface area contributed by atoms with Crippen molar-refractivity contribution in [3.8, 4) is 5.75 Å². The van der Waals surface area contributed by atoms with E-state index in [0.29, 0.717) is 0 Å². The monoisotopic (exact) mass is 315 g/mol. The van der Waals surface area contributed by atoms with Crippen LogP contribution in [0, 0.1) is 5.92 Å². The van der Waals surface area contributed by atoms with Crippen LogP contribution >= 0.6 is 0 Å². The second kappa shape index (κ2) is 7.24. The van der Waals surface area contributed by atoms with Crippen LogP contribution < -0.4 is 15.4 Å². The number of hydrogen-bond acceptors (Lipinski definition) is 2. The summed E-state index contributed by atoms with van der Waals surface area (Å²) in [5.74, 6) is 2.79. The predicted octanol–water partition coefficient (Wildman–Crippen LogP) is 3.08. The molecule has 0 unspecified atom stereocenters. The Hall–Kier alpha value is -1.71. The van der Waals surface area contributed by atoms with Crippen LogP contribution in [0.3, 0.4) is 0 Å². The smallest absolute Gasteiger partial charge is 0.191 e. The Morgan fingerprint density at radius 2 is 1.96 bits per heavy atom. The average Bonchev–Trinajstić information content (AvgIpc) is 3.31. The van der Waals surface area contributed by atoms with E-state index in [-0.39, 0.29) is 5.41 Å². The first kappa shape index (κ1) is 16.2. The van der Waals surface area contributed by atoms with Crippen LogP contribution in [0.5, 0.6) is 5.75 Å². The topological polar surface area (TPSA) is 45.7 Å². The highest BCUT2D eigenvalue weighted by molar-refractivity contribution is 5.79. The molecule has 2 aliphatic carbocycles. The lowest BCUT2D eigenvalue weighted by Gasteiger charge is -2.32. The van der Waals surface area contributed by atoms with E-state index in [4.69, 9.17) is 4.74 Å². The molecule has 2 N–H and O–H groups in total. The Balaban J connectivity index is 1.70. The number of benzene rings is 1. The van der Waals surface area contributed by atoms with Gasteiger partial charge in [0.2, 0.25) is 0 Å². The van der Waals surface area contributed by atoms with E-state index < -0.39 is 0 Å². The molecule has 2 aliphatic rings. The minimum absolute atomic E-state index is 0.157. The second-order valence-corrected chi connectivity index (χ2v) is 6.94. The molecule has 2 fully saturated rings. The van der Waals surface area contributed by atoms with E-state index >= 15 is 0 Å². The molecule has 1 aromatic rings. The third kappa shape index (κ3) is 3.80. The number of rotatable bonds is 6. The van der Waals surface area contributed by atoms with E-state index in [0.717, 1.165) is 30.7 Å². The summed E-state index contributed by atoms with van der Waals surface area (Å²) in [5.41, 5.74) is 1.49. The van der Waals surface area contributed by atoms with Gasteiger partial charge in [0.05, 0.1) is 7.11 Å². The van der Waals surface area contributed by atoms with E-state index in [1.807, 2.05) is 7.05 Å². The molecule has 0 amide bonds. The van der Waals surface area contributed by atoms with Crippen molar-refractivity contribution in [2.75, 3.05) is 27.2 Å². The zero-order valence-electron chi connectivity index (χ0n) is 14.4. The number of methoxy groups -OCH3 is 1. The molecule has 0 atom stereocenters. The van der Waals surface area contributed by atoms with Crippen LogP contribution in [0.25, 0.3) is 0 Å². The molecule has 2 saturated carbocycles. The molecule has 23 heavy (non-hydrogen) atoms. The largest absolute Gasteiger partial charge is 0.496 e. The van der Waals surface area contributed by atoms with Gasteiger partial charge in [0.1, 0.15) is 5.75 Å². The van der Waals surface area contributed by atoms with Crippen molar-refractivity contribution in [3.63, 3.8) is 0 Å². The number of guanidine groups is 1. The molecule has 3 rings (SSSR count). The molecule has 126 valence electrons. The zero-order chi connectivity index (χ0) is 16.1. The van der Waals surface area contributed by atoms with Gasteiger partial charge < -0.3 is 15.4 Å². The van der Waals surface area contributed by atoms with Gasteiger partial charge in [0.25, 0.3) is 0 Å². The van der Waals surface area contributed by atoms with Crippen molar-refractivity contribution in [2.24, 2.45) is 10.9 Å². The summed E-state index contributed by atoms with van der Waals surface area (Å²) in [4.78, 5) is 4.38. The standard InChI is InChI=1S/C19H29N3O/c1-20-18(21-13-15-9-10-15)22-14-19(11-5-6-12-19)16-7-3-4-8-17(16)23-2/h3-4,7-8,15H,5-6,9-14H2,1-2H3,(H2,20,21,22). The van der Waals surface area contributed by atoms with Crippen LogP contribution in [0.15, 0.2) is 29.3 Å². The van der Waals surface area contributed by atoms with Gasteiger partial charge in [-0.2, -0.15) is 0 Å². The first-order chi connectivity index (χ1) is 11.3. The molecule has 0 heterocycles. The lowest BCUT2D eigenvalue weighted by atomic mass is 9.78. The lowest BCUT2D eigenvalue weighted by molar-refractivity contribution is 0.371. The maximum atomic E-state index is 5.63. The van der Waals surface area contributed by atoms with Gasteiger partial charge in [-0.1, -0.05) is 31.0 Å². The Morgan fingerprint density at radius 3 is 2.61 bits per heavy atom. The summed E-state index contributed by atoms with van der Waals surface area (Å²) < 4.78 is 5.63. The zero-order valence-corrected chi connectivity index (χ0v) is 14.4. The normalized spacial score (nSPS) is 20.3. The fourth-order valence-corrected chi connectivity index (χ4v) is 3.71. The molecule has 0 saturated heterocycles.